The van der Waals surface area contributed by atoms with Crippen LogP contribution in [0.2, 0.25) is 0 Å². The highest BCUT2D eigenvalue weighted by atomic mass is 19.1. The first-order valence-electron chi connectivity index (χ1n) is 5.90. The number of aliphatic hydroxyl groups is 1. The Morgan fingerprint density at radius 1 is 1.35 bits per heavy atom. The van der Waals surface area contributed by atoms with Gasteiger partial charge in [-0.15, -0.1) is 0 Å². The molecule has 0 aliphatic rings. The van der Waals surface area contributed by atoms with Crippen LogP contribution in [0.1, 0.15) is 45.8 Å². The molecule has 1 atom stereocenters. The van der Waals surface area contributed by atoms with Crippen molar-refractivity contribution in [3.63, 3.8) is 0 Å². The van der Waals surface area contributed by atoms with Gasteiger partial charge in [-0.2, -0.15) is 0 Å². The van der Waals surface area contributed by atoms with Gasteiger partial charge < -0.3 is 9.84 Å². The van der Waals surface area contributed by atoms with Gasteiger partial charge in [-0.1, -0.05) is 20.8 Å². The maximum atomic E-state index is 13.1. The zero-order valence-corrected chi connectivity index (χ0v) is 11.0. The zero-order chi connectivity index (χ0) is 13.1. The Balaban J connectivity index is 2.72. The van der Waals surface area contributed by atoms with E-state index in [0.717, 1.165) is 6.42 Å². The quantitative estimate of drug-likeness (QED) is 0.869. The first kappa shape index (κ1) is 14.0. The standard InChI is InChI=1S/C14H21FO2/c1-10(16)12-6-5-11(15)9-13(12)17-8-7-14(2,3)4/h5-6,9-10,16H,7-8H2,1-4H3/t10-/m0/s1. The van der Waals surface area contributed by atoms with E-state index in [4.69, 9.17) is 4.74 Å². The van der Waals surface area contributed by atoms with Crippen molar-refractivity contribution in [1.29, 1.82) is 0 Å². The lowest BCUT2D eigenvalue weighted by Gasteiger charge is -2.19. The predicted octanol–water partition coefficient (Wildman–Crippen LogP) is 3.69. The molecule has 0 saturated heterocycles. The Morgan fingerprint density at radius 2 is 2.00 bits per heavy atom. The van der Waals surface area contributed by atoms with Gasteiger partial charge in [0.1, 0.15) is 11.6 Å². The molecule has 0 aliphatic heterocycles. The lowest BCUT2D eigenvalue weighted by atomic mass is 9.93. The van der Waals surface area contributed by atoms with E-state index in [1.165, 1.54) is 12.1 Å². The highest BCUT2D eigenvalue weighted by molar-refractivity contribution is 5.35. The Morgan fingerprint density at radius 3 is 2.53 bits per heavy atom. The van der Waals surface area contributed by atoms with Gasteiger partial charge in [0.05, 0.1) is 12.7 Å². The van der Waals surface area contributed by atoms with Crippen molar-refractivity contribution in [2.24, 2.45) is 5.41 Å². The van der Waals surface area contributed by atoms with Crippen molar-refractivity contribution in [2.45, 2.75) is 40.2 Å². The van der Waals surface area contributed by atoms with Crippen LogP contribution in [0.5, 0.6) is 5.75 Å². The fraction of sp³-hybridized carbons (Fsp3) is 0.571. The normalized spacial score (nSPS) is 13.5. The highest BCUT2D eigenvalue weighted by Crippen LogP contribution is 2.27. The van der Waals surface area contributed by atoms with Crippen molar-refractivity contribution >= 4 is 0 Å². The van der Waals surface area contributed by atoms with Gasteiger partial charge in [0.15, 0.2) is 0 Å². The SMILES string of the molecule is C[C@H](O)c1ccc(F)cc1OCCC(C)(C)C. The van der Waals surface area contributed by atoms with Crippen molar-refractivity contribution in [1.82, 2.24) is 0 Å². The van der Waals surface area contributed by atoms with Gasteiger partial charge in [0, 0.05) is 11.6 Å². The molecule has 0 heterocycles. The lowest BCUT2D eigenvalue weighted by molar-refractivity contribution is 0.186. The minimum absolute atomic E-state index is 0.179. The molecule has 0 saturated carbocycles. The predicted molar refractivity (Wildman–Crippen MR) is 66.6 cm³/mol. The monoisotopic (exact) mass is 240 g/mol. The van der Waals surface area contributed by atoms with Crippen molar-refractivity contribution in [3.8, 4) is 5.75 Å². The summed E-state index contributed by atoms with van der Waals surface area (Å²) in [5.74, 6) is 0.0874. The van der Waals surface area contributed by atoms with Crippen LogP contribution in [0, 0.1) is 11.2 Å². The van der Waals surface area contributed by atoms with Gasteiger partial charge >= 0.3 is 0 Å². The third kappa shape index (κ3) is 4.73. The molecule has 1 aromatic carbocycles. The minimum Gasteiger partial charge on any atom is -0.493 e. The Kier molecular flexibility index (Phi) is 4.52. The summed E-state index contributed by atoms with van der Waals surface area (Å²) in [7, 11) is 0. The molecule has 0 spiro atoms. The third-order valence-corrected chi connectivity index (χ3v) is 2.54. The first-order chi connectivity index (χ1) is 7.79. The van der Waals surface area contributed by atoms with Crippen molar-refractivity contribution in [3.05, 3.63) is 29.6 Å². The summed E-state index contributed by atoms with van der Waals surface area (Å²) in [6, 6.07) is 4.22. The van der Waals surface area contributed by atoms with Gasteiger partial charge in [0.2, 0.25) is 0 Å². The van der Waals surface area contributed by atoms with Crippen LogP contribution >= 0.6 is 0 Å². The van der Waals surface area contributed by atoms with E-state index in [0.29, 0.717) is 17.9 Å². The summed E-state index contributed by atoms with van der Waals surface area (Å²) in [5, 5.41) is 9.55. The van der Waals surface area contributed by atoms with Crippen LogP contribution in [0.25, 0.3) is 0 Å². The van der Waals surface area contributed by atoms with E-state index in [2.05, 4.69) is 20.8 Å². The van der Waals surface area contributed by atoms with Crippen LogP contribution < -0.4 is 4.74 Å². The Bertz CT molecular complexity index is 367. The maximum absolute atomic E-state index is 13.1. The molecule has 3 heteroatoms. The van der Waals surface area contributed by atoms with Gasteiger partial charge in [-0.05, 0) is 30.9 Å². The van der Waals surface area contributed by atoms with Crippen LogP contribution in [-0.2, 0) is 0 Å². The number of ether oxygens (including phenoxy) is 1. The summed E-state index contributed by atoms with van der Waals surface area (Å²) >= 11 is 0. The molecule has 0 radical (unpaired) electrons. The minimum atomic E-state index is -0.653. The first-order valence-corrected chi connectivity index (χ1v) is 5.90. The molecule has 0 unspecified atom stereocenters. The van der Waals surface area contributed by atoms with Crippen LogP contribution in [0.4, 0.5) is 4.39 Å². The number of hydrogen-bond donors (Lipinski definition) is 1. The second-order valence-electron chi connectivity index (χ2n) is 5.52. The molecular formula is C14H21FO2. The number of hydrogen-bond acceptors (Lipinski definition) is 2. The van der Waals surface area contributed by atoms with Gasteiger partial charge in [-0.25, -0.2) is 4.39 Å². The largest absolute Gasteiger partial charge is 0.493 e. The summed E-state index contributed by atoms with van der Waals surface area (Å²) in [6.45, 7) is 8.53. The molecule has 17 heavy (non-hydrogen) atoms. The average Bonchev–Trinajstić information content (AvgIpc) is 2.15. The second kappa shape index (κ2) is 5.50. The van der Waals surface area contributed by atoms with Gasteiger partial charge in [0.25, 0.3) is 0 Å². The summed E-state index contributed by atoms with van der Waals surface area (Å²) in [6.07, 6.45) is 0.225. The maximum Gasteiger partial charge on any atom is 0.127 e. The molecule has 0 fully saturated rings. The van der Waals surface area contributed by atoms with Crippen molar-refractivity contribution < 1.29 is 14.2 Å². The number of benzene rings is 1. The molecule has 1 aromatic rings. The molecule has 0 bridgehead atoms. The topological polar surface area (TPSA) is 29.5 Å². The number of halogens is 1. The Hall–Kier alpha value is -1.09. The zero-order valence-electron chi connectivity index (χ0n) is 11.0. The number of rotatable bonds is 4. The van der Waals surface area contributed by atoms with E-state index in [9.17, 15) is 9.50 Å². The average molecular weight is 240 g/mol. The molecule has 0 amide bonds. The van der Waals surface area contributed by atoms with Crippen LogP contribution in [-0.4, -0.2) is 11.7 Å². The van der Waals surface area contributed by atoms with Crippen LogP contribution in [0.15, 0.2) is 18.2 Å². The smallest absolute Gasteiger partial charge is 0.127 e. The van der Waals surface area contributed by atoms with Gasteiger partial charge in [-0.3, -0.25) is 0 Å². The van der Waals surface area contributed by atoms with E-state index in [1.54, 1.807) is 13.0 Å². The molecular weight excluding hydrogens is 219 g/mol. The summed E-state index contributed by atoms with van der Waals surface area (Å²) in [4.78, 5) is 0. The molecule has 96 valence electrons. The Labute approximate surface area is 102 Å². The second-order valence-corrected chi connectivity index (χ2v) is 5.52. The molecule has 1 rings (SSSR count). The summed E-state index contributed by atoms with van der Waals surface area (Å²) < 4.78 is 18.7. The molecule has 0 aromatic heterocycles. The van der Waals surface area contributed by atoms with E-state index in [-0.39, 0.29) is 11.2 Å². The fourth-order valence-electron chi connectivity index (χ4n) is 1.45. The fourth-order valence-corrected chi connectivity index (χ4v) is 1.45. The lowest BCUT2D eigenvalue weighted by Crippen LogP contribution is -2.12. The molecule has 0 aliphatic carbocycles. The van der Waals surface area contributed by atoms with E-state index >= 15 is 0 Å². The molecule has 2 nitrogen and oxygen atoms in total. The highest BCUT2D eigenvalue weighted by Gasteiger charge is 2.13. The van der Waals surface area contributed by atoms with Crippen molar-refractivity contribution in [2.75, 3.05) is 6.61 Å². The van der Waals surface area contributed by atoms with E-state index in [1.807, 2.05) is 0 Å². The van der Waals surface area contributed by atoms with Crippen LogP contribution in [0.3, 0.4) is 0 Å². The van der Waals surface area contributed by atoms with E-state index < -0.39 is 6.10 Å². The number of aliphatic hydroxyl groups excluding tert-OH is 1. The molecule has 1 N–H and O–H groups in total. The summed E-state index contributed by atoms with van der Waals surface area (Å²) in [5.41, 5.74) is 0.804. The third-order valence-electron chi connectivity index (χ3n) is 2.54.